The number of anilines is 1. The molecule has 2 N–H and O–H groups in total. The van der Waals surface area contributed by atoms with Gasteiger partial charge in [0.05, 0.1) is 19.1 Å². The lowest BCUT2D eigenvalue weighted by Gasteiger charge is -2.33. The summed E-state index contributed by atoms with van der Waals surface area (Å²) in [4.78, 5) is 38.7. The smallest absolute Gasteiger partial charge is 0.323 e. The lowest BCUT2D eigenvalue weighted by molar-refractivity contribution is -0.144. The fourth-order valence-corrected chi connectivity index (χ4v) is 4.30. The van der Waals surface area contributed by atoms with Gasteiger partial charge >= 0.3 is 11.9 Å². The molecule has 1 heterocycles. The minimum atomic E-state index is -1.07. The van der Waals surface area contributed by atoms with Crippen LogP contribution in [0.2, 0.25) is 0 Å². The zero-order valence-electron chi connectivity index (χ0n) is 19.0. The maximum atomic E-state index is 13.5. The molecule has 0 bridgehead atoms. The van der Waals surface area contributed by atoms with Crippen molar-refractivity contribution < 1.29 is 24.2 Å². The van der Waals surface area contributed by atoms with E-state index in [0.29, 0.717) is 25.1 Å². The first kappa shape index (κ1) is 24.5. The van der Waals surface area contributed by atoms with E-state index in [1.807, 2.05) is 48.5 Å². The highest BCUT2D eigenvalue weighted by atomic mass is 16.5. The summed E-state index contributed by atoms with van der Waals surface area (Å²) >= 11 is 0. The normalized spacial score (nSPS) is 16.9. The van der Waals surface area contributed by atoms with Gasteiger partial charge in [-0.15, -0.1) is 0 Å². The molecular weight excluding hydrogens is 420 g/mol. The summed E-state index contributed by atoms with van der Waals surface area (Å²) in [6, 6.07) is 16.6. The molecule has 7 nitrogen and oxygen atoms in total. The van der Waals surface area contributed by atoms with E-state index in [4.69, 9.17) is 4.74 Å². The number of hydrogen-bond donors (Lipinski definition) is 2. The zero-order chi connectivity index (χ0) is 23.6. The van der Waals surface area contributed by atoms with Gasteiger partial charge in [-0.2, -0.15) is 0 Å². The Morgan fingerprint density at radius 2 is 1.88 bits per heavy atom. The van der Waals surface area contributed by atoms with Crippen molar-refractivity contribution in [3.8, 4) is 0 Å². The van der Waals surface area contributed by atoms with E-state index in [2.05, 4.69) is 5.32 Å². The number of fused-ring (bicyclic) bond motifs is 1. The van der Waals surface area contributed by atoms with Crippen molar-refractivity contribution in [2.75, 3.05) is 18.1 Å². The minimum absolute atomic E-state index is 0.153. The number of aliphatic carboxylic acids is 1. The highest BCUT2D eigenvalue weighted by Crippen LogP contribution is 2.27. The van der Waals surface area contributed by atoms with Crippen LogP contribution in [0.25, 0.3) is 0 Å². The van der Waals surface area contributed by atoms with Crippen LogP contribution in [-0.4, -0.2) is 48.2 Å². The molecule has 0 spiro atoms. The van der Waals surface area contributed by atoms with Crippen LogP contribution in [0.1, 0.15) is 43.7 Å². The van der Waals surface area contributed by atoms with Gasteiger partial charge in [-0.05, 0) is 56.2 Å². The Balaban J connectivity index is 1.79. The molecule has 2 aromatic rings. The highest BCUT2D eigenvalue weighted by molar-refractivity contribution is 6.01. The number of ether oxygens (including phenoxy) is 1. The number of aryl methyl sites for hydroxylation is 2. The van der Waals surface area contributed by atoms with Crippen LogP contribution in [0.15, 0.2) is 54.6 Å². The number of hydrogen-bond acceptors (Lipinski definition) is 5. The summed E-state index contributed by atoms with van der Waals surface area (Å²) in [7, 11) is 0. The van der Waals surface area contributed by atoms with E-state index in [-0.39, 0.29) is 24.3 Å². The van der Waals surface area contributed by atoms with Crippen molar-refractivity contribution >= 4 is 23.5 Å². The first-order valence-electron chi connectivity index (χ1n) is 11.5. The number of nitrogens with one attached hydrogen (secondary N) is 1. The van der Waals surface area contributed by atoms with Crippen LogP contribution in [0, 0.1) is 0 Å². The van der Waals surface area contributed by atoms with Crippen molar-refractivity contribution in [2.24, 2.45) is 0 Å². The number of nitrogens with zero attached hydrogens (tertiary/aromatic N) is 1. The van der Waals surface area contributed by atoms with Gasteiger partial charge in [-0.25, -0.2) is 0 Å². The summed E-state index contributed by atoms with van der Waals surface area (Å²) in [5.41, 5.74) is 2.76. The number of benzene rings is 2. The van der Waals surface area contributed by atoms with E-state index in [9.17, 15) is 19.5 Å². The average Bonchev–Trinajstić information content (AvgIpc) is 2.80. The van der Waals surface area contributed by atoms with Gasteiger partial charge in [0.1, 0.15) is 6.54 Å². The molecule has 1 aliphatic heterocycles. The van der Waals surface area contributed by atoms with Crippen LogP contribution in [0.3, 0.4) is 0 Å². The average molecular weight is 453 g/mol. The second kappa shape index (κ2) is 12.2. The highest BCUT2D eigenvalue weighted by Gasteiger charge is 2.32. The fraction of sp³-hybridized carbons (Fsp3) is 0.423. The topological polar surface area (TPSA) is 95.9 Å². The molecule has 0 saturated heterocycles. The summed E-state index contributed by atoms with van der Waals surface area (Å²) in [5.74, 6) is -1.66. The largest absolute Gasteiger partial charge is 0.480 e. The second-order valence-corrected chi connectivity index (χ2v) is 8.29. The third-order valence-corrected chi connectivity index (χ3v) is 5.86. The molecule has 1 amide bonds. The first-order chi connectivity index (χ1) is 16.0. The van der Waals surface area contributed by atoms with Crippen LogP contribution in [0.4, 0.5) is 5.69 Å². The Morgan fingerprint density at radius 3 is 2.61 bits per heavy atom. The molecule has 2 atom stereocenters. The van der Waals surface area contributed by atoms with Crippen LogP contribution < -0.4 is 10.2 Å². The Hall–Kier alpha value is -3.19. The summed E-state index contributed by atoms with van der Waals surface area (Å²) < 4.78 is 5.15. The predicted octanol–water partition coefficient (Wildman–Crippen LogP) is 3.35. The number of carbonyl (C=O) groups excluding carboxylic acids is 2. The summed E-state index contributed by atoms with van der Waals surface area (Å²) in [5, 5.41) is 12.8. The number of carboxylic acids is 1. The summed E-state index contributed by atoms with van der Waals surface area (Å²) in [6.45, 7) is 1.67. The lowest BCUT2D eigenvalue weighted by atomic mass is 9.96. The number of carboxylic acid groups (broad SMARTS) is 1. The van der Waals surface area contributed by atoms with Crippen LogP contribution >= 0.6 is 0 Å². The lowest BCUT2D eigenvalue weighted by Crippen LogP contribution is -2.52. The van der Waals surface area contributed by atoms with Gasteiger partial charge in [-0.1, -0.05) is 48.5 Å². The van der Waals surface area contributed by atoms with E-state index < -0.39 is 18.6 Å². The zero-order valence-corrected chi connectivity index (χ0v) is 19.0. The van der Waals surface area contributed by atoms with Gasteiger partial charge in [0.15, 0.2) is 0 Å². The molecule has 1 aliphatic rings. The third kappa shape index (κ3) is 7.15. The first-order valence-corrected chi connectivity index (χ1v) is 11.5. The standard InChI is InChI=1S/C26H32N2O5/c1-2-33-25(31)17-21(16-15-19-9-4-3-5-10-19)27-22-13-8-12-20-11-6-7-14-23(20)28(26(22)32)18-24(29)30/h3-7,9-11,14,21-22,27H,2,8,12-13,15-18H2,1H3,(H,29,30). The molecule has 176 valence electrons. The Kier molecular flexibility index (Phi) is 9.01. The molecular formula is C26H32N2O5. The predicted molar refractivity (Wildman–Crippen MR) is 126 cm³/mol. The maximum absolute atomic E-state index is 13.5. The summed E-state index contributed by atoms with van der Waals surface area (Å²) in [6.07, 6.45) is 3.66. The van der Waals surface area contributed by atoms with Crippen LogP contribution in [-0.2, 0) is 32.0 Å². The molecule has 0 saturated carbocycles. The molecule has 2 unspecified atom stereocenters. The van der Waals surface area contributed by atoms with Crippen molar-refractivity contribution in [3.05, 3.63) is 65.7 Å². The van der Waals surface area contributed by atoms with Gasteiger partial charge < -0.3 is 15.2 Å². The minimum Gasteiger partial charge on any atom is -0.480 e. The molecule has 33 heavy (non-hydrogen) atoms. The third-order valence-electron chi connectivity index (χ3n) is 5.86. The van der Waals surface area contributed by atoms with Crippen molar-refractivity contribution in [1.82, 2.24) is 5.32 Å². The molecule has 0 aromatic heterocycles. The molecule has 0 radical (unpaired) electrons. The second-order valence-electron chi connectivity index (χ2n) is 8.29. The Bertz CT molecular complexity index is 947. The van der Waals surface area contributed by atoms with Crippen molar-refractivity contribution in [1.29, 1.82) is 0 Å². The van der Waals surface area contributed by atoms with Gasteiger partial charge in [0.25, 0.3) is 0 Å². The van der Waals surface area contributed by atoms with E-state index >= 15 is 0 Å². The Labute approximate surface area is 194 Å². The number of esters is 1. The van der Waals surface area contributed by atoms with Gasteiger partial charge in [0, 0.05) is 11.7 Å². The number of carbonyl (C=O) groups is 3. The molecule has 0 fully saturated rings. The van der Waals surface area contributed by atoms with Crippen LogP contribution in [0.5, 0.6) is 0 Å². The molecule has 7 heteroatoms. The van der Waals surface area contributed by atoms with E-state index in [1.165, 1.54) is 4.90 Å². The number of para-hydroxylation sites is 1. The molecule has 3 rings (SSSR count). The number of rotatable bonds is 10. The van der Waals surface area contributed by atoms with Crippen molar-refractivity contribution in [2.45, 2.75) is 57.5 Å². The van der Waals surface area contributed by atoms with Crippen molar-refractivity contribution in [3.63, 3.8) is 0 Å². The SMILES string of the molecule is CCOC(=O)CC(CCc1ccccc1)NC1CCCc2ccccc2N(CC(=O)O)C1=O. The quantitative estimate of drug-likeness (QED) is 0.537. The molecule has 2 aromatic carbocycles. The Morgan fingerprint density at radius 1 is 1.15 bits per heavy atom. The fourth-order valence-electron chi connectivity index (χ4n) is 4.30. The maximum Gasteiger partial charge on any atom is 0.323 e. The molecule has 0 aliphatic carbocycles. The van der Waals surface area contributed by atoms with Gasteiger partial charge in [0.2, 0.25) is 5.91 Å². The monoisotopic (exact) mass is 452 g/mol. The van der Waals surface area contributed by atoms with E-state index in [1.54, 1.807) is 13.0 Å². The number of amides is 1. The van der Waals surface area contributed by atoms with E-state index in [0.717, 1.165) is 30.4 Å². The van der Waals surface area contributed by atoms with Gasteiger partial charge in [-0.3, -0.25) is 19.3 Å².